The second kappa shape index (κ2) is 7.91. The average Bonchev–Trinajstić information content (AvgIpc) is 3.05. The van der Waals surface area contributed by atoms with Crippen LogP contribution in [-0.4, -0.2) is 29.0 Å². The van der Waals surface area contributed by atoms with Crippen molar-refractivity contribution in [2.45, 2.75) is 72.6 Å². The van der Waals surface area contributed by atoms with Gasteiger partial charge in [-0.05, 0) is 38.8 Å². The summed E-state index contributed by atoms with van der Waals surface area (Å²) in [4.78, 5) is 23.4. The molecule has 0 saturated heterocycles. The Hall–Kier alpha value is -2.04. The summed E-state index contributed by atoms with van der Waals surface area (Å²) >= 11 is 0. The number of aromatic amines is 1. The molecule has 3 rings (SSSR count). The zero-order valence-corrected chi connectivity index (χ0v) is 17.5. The highest BCUT2D eigenvalue weighted by molar-refractivity contribution is 6.00. The minimum Gasteiger partial charge on any atom is -0.370 e. The lowest BCUT2D eigenvalue weighted by Gasteiger charge is -2.26. The van der Waals surface area contributed by atoms with E-state index in [1.54, 1.807) is 0 Å². The Balaban J connectivity index is 2.02. The molecule has 0 spiro atoms. The highest BCUT2D eigenvalue weighted by atomic mass is 16.2. The molecule has 1 aliphatic carbocycles. The van der Waals surface area contributed by atoms with Gasteiger partial charge in [-0.15, -0.1) is 0 Å². The van der Waals surface area contributed by atoms with E-state index in [2.05, 4.69) is 35.1 Å². The van der Waals surface area contributed by atoms with E-state index >= 15 is 0 Å². The van der Waals surface area contributed by atoms with E-state index in [0.717, 1.165) is 41.3 Å². The van der Waals surface area contributed by atoms with Crippen molar-refractivity contribution in [3.63, 3.8) is 0 Å². The zero-order valence-electron chi connectivity index (χ0n) is 17.5. The number of imidazole rings is 1. The van der Waals surface area contributed by atoms with Crippen LogP contribution in [0.1, 0.15) is 78.5 Å². The lowest BCUT2D eigenvalue weighted by molar-refractivity contribution is -0.123. The Labute approximate surface area is 162 Å². The SMILES string of the molecule is CCN(CC)c1cc2[nH]c(C3CCCCC3)nc2cc1NC(=O)C(C)(C)C. The smallest absolute Gasteiger partial charge is 0.229 e. The number of carbonyl (C=O) groups excluding carboxylic acids is 1. The van der Waals surface area contributed by atoms with Crippen LogP contribution in [-0.2, 0) is 4.79 Å². The minimum absolute atomic E-state index is 0.0262. The second-order valence-corrected chi connectivity index (χ2v) is 8.72. The van der Waals surface area contributed by atoms with Crippen LogP contribution in [0, 0.1) is 5.41 Å². The first kappa shape index (κ1) is 19.7. The number of nitrogens with one attached hydrogen (secondary N) is 2. The second-order valence-electron chi connectivity index (χ2n) is 8.72. The van der Waals surface area contributed by atoms with Crippen molar-refractivity contribution in [3.05, 3.63) is 18.0 Å². The summed E-state index contributed by atoms with van der Waals surface area (Å²) in [6.45, 7) is 11.9. The van der Waals surface area contributed by atoms with Crippen molar-refractivity contribution >= 4 is 28.3 Å². The average molecular weight is 371 g/mol. The molecule has 0 unspecified atom stereocenters. The summed E-state index contributed by atoms with van der Waals surface area (Å²) in [5.74, 6) is 1.67. The number of amides is 1. The third-order valence-corrected chi connectivity index (χ3v) is 5.64. The third-order valence-electron chi connectivity index (χ3n) is 5.64. The number of carbonyl (C=O) groups is 1. The fraction of sp³-hybridized carbons (Fsp3) is 0.636. The van der Waals surface area contributed by atoms with Crippen LogP contribution in [0.3, 0.4) is 0 Å². The predicted molar refractivity (Wildman–Crippen MR) is 114 cm³/mol. The number of nitrogens with zero attached hydrogens (tertiary/aromatic N) is 2. The molecular formula is C22H34N4O. The van der Waals surface area contributed by atoms with Crippen LogP contribution in [0.2, 0.25) is 0 Å². The van der Waals surface area contributed by atoms with Gasteiger partial charge in [0.25, 0.3) is 0 Å². The molecule has 2 N–H and O–H groups in total. The molecule has 1 aromatic heterocycles. The summed E-state index contributed by atoms with van der Waals surface area (Å²) in [7, 11) is 0. The van der Waals surface area contributed by atoms with Crippen LogP contribution in [0.4, 0.5) is 11.4 Å². The number of benzene rings is 1. The summed E-state index contributed by atoms with van der Waals surface area (Å²) in [6.07, 6.45) is 6.36. The van der Waals surface area contributed by atoms with Crippen molar-refractivity contribution in [2.75, 3.05) is 23.3 Å². The van der Waals surface area contributed by atoms with E-state index in [9.17, 15) is 4.79 Å². The number of anilines is 2. The van der Waals surface area contributed by atoms with Gasteiger partial charge in [-0.1, -0.05) is 40.0 Å². The summed E-state index contributed by atoms with van der Waals surface area (Å²) < 4.78 is 0. The van der Waals surface area contributed by atoms with Crippen molar-refractivity contribution in [2.24, 2.45) is 5.41 Å². The van der Waals surface area contributed by atoms with E-state index in [0.29, 0.717) is 5.92 Å². The molecule has 148 valence electrons. The Morgan fingerprint density at radius 2 is 1.85 bits per heavy atom. The highest BCUT2D eigenvalue weighted by Gasteiger charge is 2.24. The van der Waals surface area contributed by atoms with Gasteiger partial charge >= 0.3 is 0 Å². The molecule has 0 radical (unpaired) electrons. The van der Waals surface area contributed by atoms with Crippen molar-refractivity contribution in [1.82, 2.24) is 9.97 Å². The number of rotatable bonds is 5. The molecule has 5 heteroatoms. The maximum atomic E-state index is 12.6. The lowest BCUT2D eigenvalue weighted by Crippen LogP contribution is -2.29. The lowest BCUT2D eigenvalue weighted by atomic mass is 9.89. The molecule has 1 aromatic carbocycles. The first-order valence-corrected chi connectivity index (χ1v) is 10.4. The van der Waals surface area contributed by atoms with Gasteiger partial charge in [0, 0.05) is 24.4 Å². The molecule has 0 aliphatic heterocycles. The molecule has 0 atom stereocenters. The fourth-order valence-electron chi connectivity index (χ4n) is 3.87. The molecule has 5 nitrogen and oxygen atoms in total. The van der Waals surface area contributed by atoms with Crippen molar-refractivity contribution < 1.29 is 4.79 Å². The van der Waals surface area contributed by atoms with Crippen LogP contribution >= 0.6 is 0 Å². The molecule has 1 heterocycles. The molecule has 27 heavy (non-hydrogen) atoms. The number of fused-ring (bicyclic) bond motifs is 1. The molecule has 0 bridgehead atoms. The molecule has 1 saturated carbocycles. The maximum absolute atomic E-state index is 12.6. The Morgan fingerprint density at radius 1 is 1.19 bits per heavy atom. The summed E-state index contributed by atoms with van der Waals surface area (Å²) in [6, 6.07) is 4.19. The number of hydrogen-bond acceptors (Lipinski definition) is 3. The van der Waals surface area contributed by atoms with Crippen LogP contribution in [0.25, 0.3) is 11.0 Å². The van der Waals surface area contributed by atoms with E-state index in [1.165, 1.54) is 32.1 Å². The van der Waals surface area contributed by atoms with Gasteiger partial charge in [0.15, 0.2) is 0 Å². The van der Waals surface area contributed by atoms with Gasteiger partial charge < -0.3 is 15.2 Å². The standard InChI is InChI=1S/C22H34N4O/c1-6-26(7-2)19-14-17-16(13-18(19)25-21(27)22(3,4)5)23-20(24-17)15-11-9-8-10-12-15/h13-15H,6-12H2,1-5H3,(H,23,24)(H,25,27). The van der Waals surface area contributed by atoms with Crippen LogP contribution in [0.15, 0.2) is 12.1 Å². The first-order chi connectivity index (χ1) is 12.8. The fourth-order valence-corrected chi connectivity index (χ4v) is 3.87. The Kier molecular flexibility index (Phi) is 5.78. The Morgan fingerprint density at radius 3 is 2.44 bits per heavy atom. The molecule has 1 amide bonds. The van der Waals surface area contributed by atoms with Crippen molar-refractivity contribution in [1.29, 1.82) is 0 Å². The quantitative estimate of drug-likeness (QED) is 0.736. The van der Waals surface area contributed by atoms with Crippen molar-refractivity contribution in [3.8, 4) is 0 Å². The highest BCUT2D eigenvalue weighted by Crippen LogP contribution is 2.35. The topological polar surface area (TPSA) is 61.0 Å². The molecular weight excluding hydrogens is 336 g/mol. The third kappa shape index (κ3) is 4.28. The summed E-state index contributed by atoms with van der Waals surface area (Å²) in [5, 5.41) is 3.15. The maximum Gasteiger partial charge on any atom is 0.229 e. The molecule has 1 fully saturated rings. The predicted octanol–water partition coefficient (Wildman–Crippen LogP) is 5.44. The molecule has 1 aliphatic rings. The van der Waals surface area contributed by atoms with Crippen LogP contribution in [0.5, 0.6) is 0 Å². The van der Waals surface area contributed by atoms with Crippen LogP contribution < -0.4 is 10.2 Å². The number of H-pyrrole nitrogens is 1. The molecule has 2 aromatic rings. The van der Waals surface area contributed by atoms with E-state index in [4.69, 9.17) is 4.98 Å². The first-order valence-electron chi connectivity index (χ1n) is 10.4. The largest absolute Gasteiger partial charge is 0.370 e. The zero-order chi connectivity index (χ0) is 19.6. The Bertz CT molecular complexity index is 792. The van der Waals surface area contributed by atoms with E-state index in [-0.39, 0.29) is 5.91 Å². The van der Waals surface area contributed by atoms with E-state index in [1.807, 2.05) is 26.8 Å². The van der Waals surface area contributed by atoms with Gasteiger partial charge in [0.1, 0.15) is 5.82 Å². The minimum atomic E-state index is -0.436. The number of aromatic nitrogens is 2. The van der Waals surface area contributed by atoms with E-state index < -0.39 is 5.41 Å². The van der Waals surface area contributed by atoms with Gasteiger partial charge in [-0.25, -0.2) is 4.98 Å². The summed E-state index contributed by atoms with van der Waals surface area (Å²) in [5.41, 5.74) is 3.48. The van der Waals surface area contributed by atoms with Gasteiger partial charge in [0.2, 0.25) is 5.91 Å². The number of hydrogen-bond donors (Lipinski definition) is 2. The van der Waals surface area contributed by atoms with Gasteiger partial charge in [-0.3, -0.25) is 4.79 Å². The normalized spacial score (nSPS) is 15.9. The van der Waals surface area contributed by atoms with Gasteiger partial charge in [-0.2, -0.15) is 0 Å². The monoisotopic (exact) mass is 370 g/mol. The van der Waals surface area contributed by atoms with Gasteiger partial charge in [0.05, 0.1) is 22.4 Å².